The van der Waals surface area contributed by atoms with Gasteiger partial charge in [0.1, 0.15) is 0 Å². The molecule has 0 radical (unpaired) electrons. The Bertz CT molecular complexity index is 497. The van der Waals surface area contributed by atoms with Gasteiger partial charge in [0.05, 0.1) is 0 Å². The average Bonchev–Trinajstić information content (AvgIpc) is 2.82. The fraction of sp³-hybridized carbons (Fsp3) is 0.529. The minimum absolute atomic E-state index is 0. The molecule has 0 bridgehead atoms. The summed E-state index contributed by atoms with van der Waals surface area (Å²) in [5.41, 5.74) is 6.78. The first-order chi connectivity index (χ1) is 10.7. The van der Waals surface area contributed by atoms with Crippen molar-refractivity contribution in [3.05, 3.63) is 29.8 Å². The van der Waals surface area contributed by atoms with Crippen LogP contribution in [0.2, 0.25) is 0 Å². The molecule has 0 saturated carbocycles. The van der Waals surface area contributed by atoms with E-state index < -0.39 is 0 Å². The van der Waals surface area contributed by atoms with Gasteiger partial charge in [-0.3, -0.25) is 9.59 Å². The molecule has 0 unspecified atom stereocenters. The molecular weight excluding hydrogens is 314 g/mol. The maximum absolute atomic E-state index is 12.5. The van der Waals surface area contributed by atoms with Crippen LogP contribution in [0.4, 0.5) is 5.69 Å². The number of nitrogens with one attached hydrogen (secondary N) is 1. The molecule has 3 N–H and O–H groups in total. The molecule has 128 valence electrons. The summed E-state index contributed by atoms with van der Waals surface area (Å²) < 4.78 is 0. The number of amides is 2. The Labute approximate surface area is 144 Å². The average molecular weight is 340 g/mol. The van der Waals surface area contributed by atoms with Crippen molar-refractivity contribution in [3.63, 3.8) is 0 Å². The highest BCUT2D eigenvalue weighted by molar-refractivity contribution is 5.95. The summed E-state index contributed by atoms with van der Waals surface area (Å²) in [4.78, 5) is 26.0. The van der Waals surface area contributed by atoms with Crippen LogP contribution >= 0.6 is 12.4 Å². The van der Waals surface area contributed by atoms with Gasteiger partial charge < -0.3 is 16.0 Å². The third-order valence-corrected chi connectivity index (χ3v) is 3.92. The molecule has 6 heteroatoms. The fourth-order valence-electron chi connectivity index (χ4n) is 2.64. The minimum atomic E-state index is -0.0444. The molecule has 0 aromatic heterocycles. The molecular formula is C17H26ClN3O2. The normalized spacial score (nSPS) is 14.6. The Morgan fingerprint density at radius 2 is 1.65 bits per heavy atom. The van der Waals surface area contributed by atoms with Crippen molar-refractivity contribution in [1.82, 2.24) is 4.90 Å². The Balaban J connectivity index is 0.00000264. The summed E-state index contributed by atoms with van der Waals surface area (Å²) in [5, 5.41) is 2.81. The second-order valence-electron chi connectivity index (χ2n) is 5.72. The number of hydrogen-bond acceptors (Lipinski definition) is 3. The van der Waals surface area contributed by atoms with Crippen molar-refractivity contribution in [2.75, 3.05) is 25.0 Å². The quantitative estimate of drug-likeness (QED) is 0.866. The lowest BCUT2D eigenvalue weighted by molar-refractivity contribution is -0.116. The fourth-order valence-corrected chi connectivity index (χ4v) is 2.64. The second kappa shape index (κ2) is 10.2. The number of rotatable bonds is 5. The largest absolute Gasteiger partial charge is 0.339 e. The molecule has 0 aliphatic carbocycles. The smallest absolute Gasteiger partial charge is 0.253 e. The second-order valence-corrected chi connectivity index (χ2v) is 5.72. The molecule has 2 amide bonds. The molecule has 1 aromatic rings. The number of benzene rings is 1. The van der Waals surface area contributed by atoms with Gasteiger partial charge in [0.25, 0.3) is 5.91 Å². The molecule has 0 atom stereocenters. The van der Waals surface area contributed by atoms with Crippen molar-refractivity contribution < 1.29 is 9.59 Å². The summed E-state index contributed by atoms with van der Waals surface area (Å²) in [6.45, 7) is 2.20. The van der Waals surface area contributed by atoms with Gasteiger partial charge in [-0.25, -0.2) is 0 Å². The molecule has 2 rings (SSSR count). The van der Waals surface area contributed by atoms with E-state index in [2.05, 4.69) is 5.32 Å². The highest BCUT2D eigenvalue weighted by Gasteiger charge is 2.17. The Kier molecular flexibility index (Phi) is 8.66. The predicted molar refractivity (Wildman–Crippen MR) is 95.0 cm³/mol. The molecule has 1 heterocycles. The Hall–Kier alpha value is -1.59. The van der Waals surface area contributed by atoms with Gasteiger partial charge in [0, 0.05) is 30.8 Å². The summed E-state index contributed by atoms with van der Waals surface area (Å²) >= 11 is 0. The van der Waals surface area contributed by atoms with Gasteiger partial charge >= 0.3 is 0 Å². The van der Waals surface area contributed by atoms with E-state index in [0.717, 1.165) is 31.6 Å². The summed E-state index contributed by atoms with van der Waals surface area (Å²) in [6, 6.07) is 7.13. The van der Waals surface area contributed by atoms with Crippen LogP contribution in [0.25, 0.3) is 0 Å². The lowest BCUT2D eigenvalue weighted by atomic mass is 10.1. The number of hydrogen-bond donors (Lipinski definition) is 2. The third-order valence-electron chi connectivity index (χ3n) is 3.92. The zero-order valence-corrected chi connectivity index (χ0v) is 14.2. The summed E-state index contributed by atoms with van der Waals surface area (Å²) in [5.74, 6) is 0.0416. The molecule has 1 fully saturated rings. The number of nitrogens with two attached hydrogens (primary N) is 1. The van der Waals surface area contributed by atoms with Crippen LogP contribution in [0.15, 0.2) is 24.3 Å². The van der Waals surface area contributed by atoms with Gasteiger partial charge in [0.15, 0.2) is 0 Å². The van der Waals surface area contributed by atoms with Crippen LogP contribution in [-0.2, 0) is 4.79 Å². The standard InChI is InChI=1S/C17H25N3O2.ClH/c18-11-5-6-16(21)19-15-9-7-14(8-10-15)17(22)20-12-3-1-2-4-13-20;/h7-10H,1-6,11-13,18H2,(H,19,21);1H. The summed E-state index contributed by atoms with van der Waals surface area (Å²) in [7, 11) is 0. The Morgan fingerprint density at radius 3 is 2.22 bits per heavy atom. The summed E-state index contributed by atoms with van der Waals surface area (Å²) in [6.07, 6.45) is 5.68. The van der Waals surface area contributed by atoms with Crippen molar-refractivity contribution in [2.45, 2.75) is 38.5 Å². The first kappa shape index (κ1) is 19.5. The number of nitrogens with zero attached hydrogens (tertiary/aromatic N) is 1. The SMILES string of the molecule is Cl.NCCCC(=O)Nc1ccc(C(=O)N2CCCCCC2)cc1. The van der Waals surface area contributed by atoms with Crippen molar-refractivity contribution in [1.29, 1.82) is 0 Å². The van der Waals surface area contributed by atoms with E-state index in [9.17, 15) is 9.59 Å². The third kappa shape index (κ3) is 6.20. The van der Waals surface area contributed by atoms with E-state index in [-0.39, 0.29) is 24.2 Å². The first-order valence-corrected chi connectivity index (χ1v) is 8.10. The lowest BCUT2D eigenvalue weighted by Crippen LogP contribution is -2.31. The molecule has 1 aromatic carbocycles. The van der Waals surface area contributed by atoms with E-state index >= 15 is 0 Å². The molecule has 23 heavy (non-hydrogen) atoms. The van der Waals surface area contributed by atoms with E-state index in [1.54, 1.807) is 24.3 Å². The van der Waals surface area contributed by atoms with E-state index in [4.69, 9.17) is 5.73 Å². The predicted octanol–water partition coefficient (Wildman–Crippen LogP) is 2.80. The van der Waals surface area contributed by atoms with Crippen molar-refractivity contribution in [2.24, 2.45) is 5.73 Å². The van der Waals surface area contributed by atoms with E-state index in [0.29, 0.717) is 24.9 Å². The minimum Gasteiger partial charge on any atom is -0.339 e. The number of carbonyl (C=O) groups is 2. The molecule has 1 saturated heterocycles. The topological polar surface area (TPSA) is 75.4 Å². The maximum atomic E-state index is 12.5. The molecule has 5 nitrogen and oxygen atoms in total. The zero-order valence-electron chi connectivity index (χ0n) is 13.4. The van der Waals surface area contributed by atoms with Crippen LogP contribution in [0, 0.1) is 0 Å². The number of carbonyl (C=O) groups excluding carboxylic acids is 2. The van der Waals surface area contributed by atoms with Crippen LogP contribution in [0.3, 0.4) is 0 Å². The molecule has 1 aliphatic rings. The number of anilines is 1. The highest BCUT2D eigenvalue weighted by atomic mass is 35.5. The van der Waals surface area contributed by atoms with Gasteiger partial charge in [0.2, 0.25) is 5.91 Å². The first-order valence-electron chi connectivity index (χ1n) is 8.10. The van der Waals surface area contributed by atoms with Gasteiger partial charge in [-0.05, 0) is 50.1 Å². The maximum Gasteiger partial charge on any atom is 0.253 e. The van der Waals surface area contributed by atoms with Crippen LogP contribution in [-0.4, -0.2) is 36.3 Å². The van der Waals surface area contributed by atoms with E-state index in [1.165, 1.54) is 12.8 Å². The van der Waals surface area contributed by atoms with Gasteiger partial charge in [-0.1, -0.05) is 12.8 Å². The van der Waals surface area contributed by atoms with Crippen molar-refractivity contribution >= 4 is 29.9 Å². The monoisotopic (exact) mass is 339 g/mol. The molecule has 0 spiro atoms. The van der Waals surface area contributed by atoms with Crippen LogP contribution < -0.4 is 11.1 Å². The lowest BCUT2D eigenvalue weighted by Gasteiger charge is -2.20. The van der Waals surface area contributed by atoms with E-state index in [1.807, 2.05) is 4.90 Å². The van der Waals surface area contributed by atoms with Crippen LogP contribution in [0.1, 0.15) is 48.9 Å². The van der Waals surface area contributed by atoms with Crippen LogP contribution in [0.5, 0.6) is 0 Å². The number of halogens is 1. The van der Waals surface area contributed by atoms with Crippen molar-refractivity contribution in [3.8, 4) is 0 Å². The highest BCUT2D eigenvalue weighted by Crippen LogP contribution is 2.15. The van der Waals surface area contributed by atoms with Gasteiger partial charge in [-0.2, -0.15) is 0 Å². The zero-order chi connectivity index (χ0) is 15.8. The number of likely N-dealkylation sites (tertiary alicyclic amines) is 1. The molecule has 1 aliphatic heterocycles. The van der Waals surface area contributed by atoms with Gasteiger partial charge in [-0.15, -0.1) is 12.4 Å². The Morgan fingerprint density at radius 1 is 1.04 bits per heavy atom.